The topological polar surface area (TPSA) is 90.7 Å². The number of rotatable bonds is 3. The van der Waals surface area contributed by atoms with E-state index in [-0.39, 0.29) is 0 Å². The molecule has 18 heavy (non-hydrogen) atoms. The number of benzene rings is 1. The summed E-state index contributed by atoms with van der Waals surface area (Å²) in [4.78, 5) is 14.9. The third-order valence-corrected chi connectivity index (χ3v) is 2.75. The third-order valence-electron chi connectivity index (χ3n) is 2.75. The van der Waals surface area contributed by atoms with E-state index < -0.39 is 18.2 Å². The summed E-state index contributed by atoms with van der Waals surface area (Å²) in [6.07, 6.45) is -3.28. The molecule has 0 aliphatic carbocycles. The molecule has 0 bridgehead atoms. The molecule has 0 amide bonds. The van der Waals surface area contributed by atoms with Gasteiger partial charge in [0.15, 0.2) is 6.10 Å². The smallest absolute Gasteiger partial charge is 0.335 e. The van der Waals surface area contributed by atoms with Gasteiger partial charge in [-0.2, -0.15) is 0 Å². The molecule has 2 aromatic rings. The fourth-order valence-corrected chi connectivity index (χ4v) is 1.75. The molecule has 5 nitrogen and oxygen atoms in total. The van der Waals surface area contributed by atoms with E-state index in [4.69, 9.17) is 5.11 Å². The van der Waals surface area contributed by atoms with Crippen LogP contribution in [0.15, 0.2) is 30.3 Å². The van der Waals surface area contributed by atoms with Crippen molar-refractivity contribution in [3.63, 3.8) is 0 Å². The van der Waals surface area contributed by atoms with Gasteiger partial charge in [0.25, 0.3) is 0 Å². The van der Waals surface area contributed by atoms with E-state index in [1.54, 1.807) is 18.2 Å². The zero-order valence-electron chi connectivity index (χ0n) is 9.74. The first-order chi connectivity index (χ1) is 8.49. The Bertz CT molecular complexity index is 597. The summed E-state index contributed by atoms with van der Waals surface area (Å²) in [5.41, 5.74) is 1.99. The standard InChI is InChI=1S/C13H13NO4/c1-7-2-3-8-6-9(4-5-10(8)14-7)11(15)12(16)13(17)18/h2-6,11-12,15-16H,1H3,(H,17,18). The quantitative estimate of drug-likeness (QED) is 0.753. The van der Waals surface area contributed by atoms with Crippen molar-refractivity contribution >= 4 is 16.9 Å². The molecule has 1 aromatic carbocycles. The molecule has 0 aliphatic heterocycles. The van der Waals surface area contributed by atoms with Crippen molar-refractivity contribution in [3.05, 3.63) is 41.6 Å². The van der Waals surface area contributed by atoms with Crippen LogP contribution in [0.4, 0.5) is 0 Å². The maximum absolute atomic E-state index is 10.6. The average molecular weight is 247 g/mol. The van der Waals surface area contributed by atoms with Gasteiger partial charge >= 0.3 is 5.97 Å². The van der Waals surface area contributed by atoms with Crippen LogP contribution in [0.3, 0.4) is 0 Å². The monoisotopic (exact) mass is 247 g/mol. The van der Waals surface area contributed by atoms with Crippen LogP contribution >= 0.6 is 0 Å². The van der Waals surface area contributed by atoms with Crippen LogP contribution < -0.4 is 0 Å². The predicted molar refractivity (Wildman–Crippen MR) is 65.1 cm³/mol. The molecule has 3 N–H and O–H groups in total. The number of aryl methyl sites for hydroxylation is 1. The summed E-state index contributed by atoms with van der Waals surface area (Å²) in [5, 5.41) is 28.4. The minimum atomic E-state index is -1.83. The number of hydrogen-bond acceptors (Lipinski definition) is 4. The number of hydrogen-bond donors (Lipinski definition) is 3. The maximum atomic E-state index is 10.6. The number of nitrogens with zero attached hydrogens (tertiary/aromatic N) is 1. The number of aliphatic hydroxyl groups is 2. The molecule has 0 saturated carbocycles. The minimum Gasteiger partial charge on any atom is -0.479 e. The number of aromatic nitrogens is 1. The van der Waals surface area contributed by atoms with Gasteiger partial charge in [-0.05, 0) is 30.7 Å². The summed E-state index contributed by atoms with van der Waals surface area (Å²) >= 11 is 0. The summed E-state index contributed by atoms with van der Waals surface area (Å²) in [7, 11) is 0. The van der Waals surface area contributed by atoms with Crippen LogP contribution in [0.1, 0.15) is 17.4 Å². The number of fused-ring (bicyclic) bond motifs is 1. The number of aliphatic hydroxyl groups excluding tert-OH is 2. The zero-order chi connectivity index (χ0) is 13.3. The lowest BCUT2D eigenvalue weighted by Crippen LogP contribution is -2.27. The predicted octanol–water partition coefficient (Wildman–Crippen LogP) is 1.02. The van der Waals surface area contributed by atoms with Gasteiger partial charge in [0.05, 0.1) is 5.52 Å². The fraction of sp³-hybridized carbons (Fsp3) is 0.231. The Morgan fingerprint density at radius 1 is 1.22 bits per heavy atom. The second kappa shape index (κ2) is 4.72. The van der Waals surface area contributed by atoms with Gasteiger partial charge in [-0.1, -0.05) is 12.1 Å². The second-order valence-corrected chi connectivity index (χ2v) is 4.13. The first-order valence-corrected chi connectivity index (χ1v) is 5.45. The Kier molecular flexibility index (Phi) is 3.27. The highest BCUT2D eigenvalue weighted by Crippen LogP contribution is 2.22. The molecule has 0 radical (unpaired) electrons. The van der Waals surface area contributed by atoms with E-state index in [0.29, 0.717) is 5.56 Å². The molecule has 0 saturated heterocycles. The molecule has 2 atom stereocenters. The van der Waals surface area contributed by atoms with Gasteiger partial charge in [-0.3, -0.25) is 4.98 Å². The molecular weight excluding hydrogens is 234 g/mol. The molecule has 94 valence electrons. The molecule has 2 unspecified atom stereocenters. The van der Waals surface area contributed by atoms with Crippen LogP contribution in [-0.4, -0.2) is 32.4 Å². The largest absolute Gasteiger partial charge is 0.479 e. The first-order valence-electron chi connectivity index (χ1n) is 5.45. The summed E-state index contributed by atoms with van der Waals surface area (Å²) in [6, 6.07) is 8.53. The summed E-state index contributed by atoms with van der Waals surface area (Å²) in [6.45, 7) is 1.87. The number of carboxylic acids is 1. The molecule has 1 aromatic heterocycles. The number of carbonyl (C=O) groups is 1. The highest BCUT2D eigenvalue weighted by Gasteiger charge is 2.25. The van der Waals surface area contributed by atoms with Crippen molar-refractivity contribution < 1.29 is 20.1 Å². The highest BCUT2D eigenvalue weighted by atomic mass is 16.4. The van der Waals surface area contributed by atoms with Gasteiger partial charge in [0.1, 0.15) is 6.10 Å². The Labute approximate surface area is 103 Å². The molecular formula is C13H13NO4. The van der Waals surface area contributed by atoms with Crippen molar-refractivity contribution in [1.82, 2.24) is 4.98 Å². The van der Waals surface area contributed by atoms with Gasteiger partial charge in [0.2, 0.25) is 0 Å². The Morgan fingerprint density at radius 3 is 2.61 bits per heavy atom. The van der Waals surface area contributed by atoms with E-state index >= 15 is 0 Å². The molecule has 2 rings (SSSR count). The first kappa shape index (κ1) is 12.5. The van der Waals surface area contributed by atoms with E-state index in [0.717, 1.165) is 16.6 Å². The summed E-state index contributed by atoms with van der Waals surface area (Å²) < 4.78 is 0. The minimum absolute atomic E-state index is 0.350. The fourth-order valence-electron chi connectivity index (χ4n) is 1.75. The number of carboxylic acid groups (broad SMARTS) is 1. The van der Waals surface area contributed by atoms with Crippen LogP contribution in [0.2, 0.25) is 0 Å². The van der Waals surface area contributed by atoms with Crippen LogP contribution in [-0.2, 0) is 4.79 Å². The van der Waals surface area contributed by atoms with E-state index in [2.05, 4.69) is 4.98 Å². The van der Waals surface area contributed by atoms with Gasteiger partial charge < -0.3 is 15.3 Å². The average Bonchev–Trinajstić information content (AvgIpc) is 2.36. The molecule has 1 heterocycles. The summed E-state index contributed by atoms with van der Waals surface area (Å²) in [5.74, 6) is -1.45. The van der Waals surface area contributed by atoms with Crippen molar-refractivity contribution in [2.75, 3.05) is 0 Å². The van der Waals surface area contributed by atoms with Crippen molar-refractivity contribution in [2.24, 2.45) is 0 Å². The van der Waals surface area contributed by atoms with Crippen LogP contribution in [0.5, 0.6) is 0 Å². The number of aliphatic carboxylic acids is 1. The Balaban J connectivity index is 2.41. The van der Waals surface area contributed by atoms with Gasteiger partial charge in [-0.25, -0.2) is 4.79 Å². The lowest BCUT2D eigenvalue weighted by atomic mass is 10.0. The van der Waals surface area contributed by atoms with Gasteiger partial charge in [-0.15, -0.1) is 0 Å². The van der Waals surface area contributed by atoms with E-state index in [1.807, 2.05) is 19.1 Å². The zero-order valence-corrected chi connectivity index (χ0v) is 9.74. The highest BCUT2D eigenvalue weighted by molar-refractivity contribution is 5.80. The third kappa shape index (κ3) is 2.32. The van der Waals surface area contributed by atoms with Crippen LogP contribution in [0, 0.1) is 6.92 Å². The van der Waals surface area contributed by atoms with Gasteiger partial charge in [0, 0.05) is 11.1 Å². The van der Waals surface area contributed by atoms with Crippen molar-refractivity contribution in [1.29, 1.82) is 0 Å². The maximum Gasteiger partial charge on any atom is 0.335 e. The lowest BCUT2D eigenvalue weighted by Gasteiger charge is -2.14. The Hall–Kier alpha value is -1.98. The Morgan fingerprint density at radius 2 is 1.94 bits per heavy atom. The van der Waals surface area contributed by atoms with Crippen molar-refractivity contribution in [2.45, 2.75) is 19.1 Å². The van der Waals surface area contributed by atoms with E-state index in [9.17, 15) is 15.0 Å². The molecule has 5 heteroatoms. The molecule has 0 fully saturated rings. The normalized spacial score (nSPS) is 14.4. The van der Waals surface area contributed by atoms with E-state index in [1.165, 1.54) is 0 Å². The SMILES string of the molecule is Cc1ccc2cc(C(O)C(O)C(=O)O)ccc2n1. The van der Waals surface area contributed by atoms with Crippen molar-refractivity contribution in [3.8, 4) is 0 Å². The second-order valence-electron chi connectivity index (χ2n) is 4.13. The molecule has 0 aliphatic rings. The molecule has 0 spiro atoms. The van der Waals surface area contributed by atoms with Crippen LogP contribution in [0.25, 0.3) is 10.9 Å². The lowest BCUT2D eigenvalue weighted by molar-refractivity contribution is -0.153. The number of pyridine rings is 1.